The molecule has 4 heteroatoms. The second kappa shape index (κ2) is 4.53. The number of rotatable bonds is 3. The van der Waals surface area contributed by atoms with E-state index in [1.807, 2.05) is 25.1 Å². The van der Waals surface area contributed by atoms with Crippen LogP contribution in [0, 0.1) is 6.92 Å². The van der Waals surface area contributed by atoms with Crippen LogP contribution in [0.5, 0.6) is 0 Å². The maximum Gasteiger partial charge on any atom is 0.219 e. The molecule has 0 aliphatic heterocycles. The number of amides is 1. The molecule has 0 spiro atoms. The summed E-state index contributed by atoms with van der Waals surface area (Å²) in [5.74, 6) is 0. The van der Waals surface area contributed by atoms with E-state index in [1.165, 1.54) is 16.3 Å². The van der Waals surface area contributed by atoms with Crippen LogP contribution in [0.4, 0.5) is 0 Å². The van der Waals surface area contributed by atoms with Crippen molar-refractivity contribution in [3.63, 3.8) is 0 Å². The number of halogens is 1. The molecule has 1 aromatic carbocycles. The lowest BCUT2D eigenvalue weighted by Gasteiger charge is -2.11. The third kappa shape index (κ3) is 2.94. The number of carbonyl (C=O) groups excluding carboxylic acids is 1. The van der Waals surface area contributed by atoms with Gasteiger partial charge in [-0.15, -0.1) is 0 Å². The van der Waals surface area contributed by atoms with Crippen LogP contribution in [-0.2, 0) is 4.79 Å². The highest BCUT2D eigenvalue weighted by Crippen LogP contribution is 2.26. The van der Waals surface area contributed by atoms with E-state index in [9.17, 15) is 4.79 Å². The lowest BCUT2D eigenvalue weighted by atomic mass is 10.2. The molecule has 0 radical (unpaired) electrons. The van der Waals surface area contributed by atoms with Crippen molar-refractivity contribution in [1.82, 2.24) is 4.31 Å². The Bertz CT molecular complexity index is 316. The summed E-state index contributed by atoms with van der Waals surface area (Å²) < 4.78 is 1.50. The van der Waals surface area contributed by atoms with Crippen LogP contribution in [-0.4, -0.2) is 17.8 Å². The number of benzene rings is 1. The molecular weight excluding hydrogens is 206 g/mol. The third-order valence-electron chi connectivity index (χ3n) is 1.54. The Morgan fingerprint density at radius 2 is 2.23 bits per heavy atom. The van der Waals surface area contributed by atoms with Crippen molar-refractivity contribution >= 4 is 30.0 Å². The van der Waals surface area contributed by atoms with E-state index in [1.54, 1.807) is 7.05 Å². The molecule has 0 saturated heterocycles. The van der Waals surface area contributed by atoms with Crippen molar-refractivity contribution in [3.8, 4) is 0 Å². The van der Waals surface area contributed by atoms with Gasteiger partial charge in [-0.25, -0.2) is 0 Å². The van der Waals surface area contributed by atoms with Gasteiger partial charge in [0, 0.05) is 17.0 Å². The lowest BCUT2D eigenvalue weighted by molar-refractivity contribution is -0.113. The predicted molar refractivity (Wildman–Crippen MR) is 55.9 cm³/mol. The van der Waals surface area contributed by atoms with Gasteiger partial charge in [0.2, 0.25) is 6.41 Å². The van der Waals surface area contributed by atoms with Crippen molar-refractivity contribution in [2.24, 2.45) is 0 Å². The van der Waals surface area contributed by atoms with Crippen LogP contribution in [0.15, 0.2) is 23.1 Å². The first-order valence-electron chi connectivity index (χ1n) is 3.75. The highest BCUT2D eigenvalue weighted by molar-refractivity contribution is 7.97. The third-order valence-corrected chi connectivity index (χ3v) is 2.79. The minimum atomic E-state index is 0.687. The highest BCUT2D eigenvalue weighted by atomic mass is 35.5. The molecule has 1 aromatic rings. The molecule has 0 aromatic heterocycles. The Labute approximate surface area is 87.0 Å². The summed E-state index contributed by atoms with van der Waals surface area (Å²) in [6, 6.07) is 5.62. The smallest absolute Gasteiger partial charge is 0.219 e. The zero-order valence-corrected chi connectivity index (χ0v) is 9.02. The Morgan fingerprint density at radius 1 is 1.54 bits per heavy atom. The average molecular weight is 216 g/mol. The first-order valence-corrected chi connectivity index (χ1v) is 4.91. The molecule has 2 nitrogen and oxygen atoms in total. The molecule has 0 saturated carbocycles. The zero-order valence-electron chi connectivity index (χ0n) is 7.45. The Kier molecular flexibility index (Phi) is 3.63. The van der Waals surface area contributed by atoms with Crippen LogP contribution in [0.2, 0.25) is 5.02 Å². The fourth-order valence-corrected chi connectivity index (χ4v) is 1.83. The number of aryl methyl sites for hydroxylation is 1. The Morgan fingerprint density at radius 3 is 2.85 bits per heavy atom. The molecule has 0 heterocycles. The van der Waals surface area contributed by atoms with Crippen molar-refractivity contribution in [2.45, 2.75) is 11.8 Å². The summed E-state index contributed by atoms with van der Waals surface area (Å²) in [6.07, 6.45) is 0.769. The van der Waals surface area contributed by atoms with Crippen LogP contribution >= 0.6 is 23.5 Å². The van der Waals surface area contributed by atoms with E-state index in [4.69, 9.17) is 11.6 Å². The highest BCUT2D eigenvalue weighted by Gasteiger charge is 2.02. The molecule has 0 bridgehead atoms. The van der Waals surface area contributed by atoms with E-state index < -0.39 is 0 Å². The largest absolute Gasteiger partial charge is 0.288 e. The molecule has 0 aliphatic rings. The van der Waals surface area contributed by atoms with E-state index in [-0.39, 0.29) is 0 Å². The van der Waals surface area contributed by atoms with Gasteiger partial charge < -0.3 is 0 Å². The molecule has 13 heavy (non-hydrogen) atoms. The summed E-state index contributed by atoms with van der Waals surface area (Å²) in [4.78, 5) is 11.4. The number of hydrogen-bond acceptors (Lipinski definition) is 2. The molecule has 0 aliphatic carbocycles. The number of carbonyl (C=O) groups is 1. The van der Waals surface area contributed by atoms with Crippen molar-refractivity contribution in [2.75, 3.05) is 7.05 Å². The van der Waals surface area contributed by atoms with Gasteiger partial charge in [0.1, 0.15) is 0 Å². The molecular formula is C9H10ClNOS. The van der Waals surface area contributed by atoms with Gasteiger partial charge in [-0.3, -0.25) is 9.10 Å². The maximum atomic E-state index is 10.4. The van der Waals surface area contributed by atoms with Gasteiger partial charge in [0.15, 0.2) is 0 Å². The molecule has 1 amide bonds. The fraction of sp³-hybridized carbons (Fsp3) is 0.222. The molecule has 0 fully saturated rings. The molecule has 0 unspecified atom stereocenters. The molecule has 70 valence electrons. The van der Waals surface area contributed by atoms with Gasteiger partial charge in [0.25, 0.3) is 0 Å². The van der Waals surface area contributed by atoms with Crippen molar-refractivity contribution < 1.29 is 4.79 Å². The summed E-state index contributed by atoms with van der Waals surface area (Å²) in [7, 11) is 1.71. The predicted octanol–water partition coefficient (Wildman–Crippen LogP) is 2.74. The van der Waals surface area contributed by atoms with Crippen LogP contribution in [0.1, 0.15) is 5.56 Å². The Balaban J connectivity index is 2.86. The van der Waals surface area contributed by atoms with E-state index >= 15 is 0 Å². The van der Waals surface area contributed by atoms with Crippen molar-refractivity contribution in [3.05, 3.63) is 28.8 Å². The van der Waals surface area contributed by atoms with Gasteiger partial charge in [-0.05, 0) is 36.6 Å². The number of nitrogens with zero attached hydrogens (tertiary/aromatic N) is 1. The number of hydrogen-bond donors (Lipinski definition) is 0. The van der Waals surface area contributed by atoms with Crippen LogP contribution in [0.25, 0.3) is 0 Å². The first kappa shape index (κ1) is 10.4. The van der Waals surface area contributed by atoms with Crippen molar-refractivity contribution in [1.29, 1.82) is 0 Å². The van der Waals surface area contributed by atoms with E-state index in [0.717, 1.165) is 16.9 Å². The van der Waals surface area contributed by atoms with Gasteiger partial charge in [-0.1, -0.05) is 17.7 Å². The Hall–Kier alpha value is -0.670. The summed E-state index contributed by atoms with van der Waals surface area (Å²) >= 11 is 7.19. The van der Waals surface area contributed by atoms with E-state index in [2.05, 4.69) is 0 Å². The minimum Gasteiger partial charge on any atom is -0.288 e. The average Bonchev–Trinajstić information content (AvgIpc) is 2.11. The maximum absolute atomic E-state index is 10.4. The van der Waals surface area contributed by atoms with Crippen LogP contribution < -0.4 is 0 Å². The first-order chi connectivity index (χ1) is 6.13. The second-order valence-electron chi connectivity index (χ2n) is 2.65. The molecule has 1 rings (SSSR count). The SMILES string of the molecule is Cc1ccc(Cl)cc1SN(C)C=O. The van der Waals surface area contributed by atoms with Crippen LogP contribution in [0.3, 0.4) is 0 Å². The second-order valence-corrected chi connectivity index (χ2v) is 4.29. The fourth-order valence-electron chi connectivity index (χ4n) is 0.849. The zero-order chi connectivity index (χ0) is 9.84. The minimum absolute atomic E-state index is 0.687. The lowest BCUT2D eigenvalue weighted by Crippen LogP contribution is -2.04. The van der Waals surface area contributed by atoms with Gasteiger partial charge >= 0.3 is 0 Å². The van der Waals surface area contributed by atoms with Gasteiger partial charge in [-0.2, -0.15) is 0 Å². The molecule has 0 N–H and O–H groups in total. The topological polar surface area (TPSA) is 20.3 Å². The molecule has 0 atom stereocenters. The summed E-state index contributed by atoms with van der Waals surface area (Å²) in [5, 5.41) is 0.687. The van der Waals surface area contributed by atoms with E-state index in [0.29, 0.717) is 5.02 Å². The standard InChI is InChI=1S/C9H10ClNOS/c1-7-3-4-8(10)5-9(7)13-11(2)6-12/h3-6H,1-2H3. The quantitative estimate of drug-likeness (QED) is 0.571. The van der Waals surface area contributed by atoms with Gasteiger partial charge in [0.05, 0.1) is 0 Å². The normalized spacial score (nSPS) is 9.77. The summed E-state index contributed by atoms with van der Waals surface area (Å²) in [5.41, 5.74) is 1.11. The summed E-state index contributed by atoms with van der Waals surface area (Å²) in [6.45, 7) is 1.98. The monoisotopic (exact) mass is 215 g/mol.